The number of benzene rings is 2. The zero-order chi connectivity index (χ0) is 22.2. The van der Waals surface area contributed by atoms with Crippen molar-refractivity contribution in [3.8, 4) is 17.2 Å². The molecule has 5 heteroatoms. The maximum Gasteiger partial charge on any atom is 0.124 e. The Hall–Kier alpha value is -2.74. The summed E-state index contributed by atoms with van der Waals surface area (Å²) in [6.45, 7) is 9.67. The van der Waals surface area contributed by atoms with Gasteiger partial charge in [-0.1, -0.05) is 68.8 Å². The van der Waals surface area contributed by atoms with Crippen molar-refractivity contribution in [1.82, 2.24) is 9.97 Å². The van der Waals surface area contributed by atoms with Gasteiger partial charge >= 0.3 is 0 Å². The van der Waals surface area contributed by atoms with E-state index in [9.17, 15) is 10.4 Å². The first-order valence-electron chi connectivity index (χ1n) is 9.81. The lowest BCUT2D eigenvalue weighted by molar-refractivity contribution is -0.0264. The van der Waals surface area contributed by atoms with Crippen LogP contribution in [0.1, 0.15) is 51.3 Å². The van der Waals surface area contributed by atoms with E-state index >= 15 is 0 Å². The second-order valence-corrected chi connectivity index (χ2v) is 9.50. The SMILES string of the molecule is CC(C)(C#N)c1ccc(-c2ccc(C(O)(c3cncnc3)C(C)(C)C)c(Cl)c2)cc1. The van der Waals surface area contributed by atoms with Crippen LogP contribution < -0.4 is 0 Å². The van der Waals surface area contributed by atoms with Gasteiger partial charge in [-0.25, -0.2) is 9.97 Å². The summed E-state index contributed by atoms with van der Waals surface area (Å²) in [5.41, 5.74) is 1.64. The van der Waals surface area contributed by atoms with Crippen LogP contribution in [0.4, 0.5) is 0 Å². The molecular formula is C25H26ClN3O. The third kappa shape index (κ3) is 3.84. The molecule has 0 radical (unpaired) electrons. The fraction of sp³-hybridized carbons (Fsp3) is 0.320. The van der Waals surface area contributed by atoms with Gasteiger partial charge in [0.2, 0.25) is 0 Å². The highest BCUT2D eigenvalue weighted by Crippen LogP contribution is 2.47. The molecule has 0 saturated heterocycles. The summed E-state index contributed by atoms with van der Waals surface area (Å²) >= 11 is 6.70. The van der Waals surface area contributed by atoms with Crippen LogP contribution in [0.5, 0.6) is 0 Å². The Kier molecular flexibility index (Phi) is 5.73. The smallest absolute Gasteiger partial charge is 0.124 e. The standard InChI is InChI=1S/C25H26ClN3O/c1-23(2,3)25(30,20-13-28-16-29-14-20)21-11-8-18(12-22(21)26)17-6-9-19(10-7-17)24(4,5)15-27/h6-14,16,30H,1-5H3. The molecule has 1 aromatic heterocycles. The lowest BCUT2D eigenvalue weighted by atomic mass is 9.69. The van der Waals surface area contributed by atoms with E-state index in [1.165, 1.54) is 6.33 Å². The fourth-order valence-corrected chi connectivity index (χ4v) is 3.93. The summed E-state index contributed by atoms with van der Waals surface area (Å²) in [4.78, 5) is 8.17. The normalized spacial score (nSPS) is 14.1. The fourth-order valence-electron chi connectivity index (χ4n) is 3.61. The molecule has 0 aliphatic carbocycles. The Labute approximate surface area is 183 Å². The second-order valence-electron chi connectivity index (χ2n) is 9.10. The van der Waals surface area contributed by atoms with Crippen molar-refractivity contribution < 1.29 is 5.11 Å². The number of hydrogen-bond acceptors (Lipinski definition) is 4. The number of halogens is 1. The van der Waals surface area contributed by atoms with Crippen LogP contribution in [0.2, 0.25) is 5.02 Å². The molecule has 3 rings (SSSR count). The van der Waals surface area contributed by atoms with E-state index in [2.05, 4.69) is 16.0 Å². The van der Waals surface area contributed by atoms with Crippen molar-refractivity contribution in [3.05, 3.63) is 82.9 Å². The van der Waals surface area contributed by atoms with Gasteiger partial charge in [0.15, 0.2) is 0 Å². The van der Waals surface area contributed by atoms with Crippen LogP contribution in [0.15, 0.2) is 61.2 Å². The summed E-state index contributed by atoms with van der Waals surface area (Å²) in [7, 11) is 0. The van der Waals surface area contributed by atoms with Crippen LogP contribution in [-0.4, -0.2) is 15.1 Å². The zero-order valence-electron chi connectivity index (χ0n) is 17.9. The first-order valence-corrected chi connectivity index (χ1v) is 10.2. The predicted molar refractivity (Wildman–Crippen MR) is 120 cm³/mol. The quantitative estimate of drug-likeness (QED) is 0.573. The third-order valence-corrected chi connectivity index (χ3v) is 5.95. The average Bonchev–Trinajstić information content (AvgIpc) is 2.73. The molecule has 1 unspecified atom stereocenters. The molecule has 4 nitrogen and oxygen atoms in total. The maximum absolute atomic E-state index is 11.8. The van der Waals surface area contributed by atoms with Gasteiger partial charge in [0, 0.05) is 28.5 Å². The van der Waals surface area contributed by atoms with Crippen LogP contribution in [0.25, 0.3) is 11.1 Å². The summed E-state index contributed by atoms with van der Waals surface area (Å²) in [6, 6.07) is 15.9. The predicted octanol–water partition coefficient (Wildman–Crippen LogP) is 5.88. The monoisotopic (exact) mass is 419 g/mol. The summed E-state index contributed by atoms with van der Waals surface area (Å²) in [6.07, 6.45) is 4.69. The Balaban J connectivity index is 2.06. The minimum absolute atomic E-state index is 0.468. The highest BCUT2D eigenvalue weighted by atomic mass is 35.5. The average molecular weight is 420 g/mol. The molecule has 154 valence electrons. The largest absolute Gasteiger partial charge is 0.380 e. The molecule has 0 amide bonds. The van der Waals surface area contributed by atoms with Crippen molar-refractivity contribution >= 4 is 11.6 Å². The van der Waals surface area contributed by atoms with Crippen LogP contribution in [0.3, 0.4) is 0 Å². The highest BCUT2D eigenvalue weighted by molar-refractivity contribution is 6.31. The van der Waals surface area contributed by atoms with E-state index in [0.29, 0.717) is 16.1 Å². The van der Waals surface area contributed by atoms with Gasteiger partial charge < -0.3 is 5.11 Å². The zero-order valence-corrected chi connectivity index (χ0v) is 18.7. The van der Waals surface area contributed by atoms with Gasteiger partial charge in [-0.2, -0.15) is 5.26 Å². The number of rotatable bonds is 4. The first kappa shape index (κ1) is 22.0. The van der Waals surface area contributed by atoms with Gasteiger partial charge in [0.05, 0.1) is 11.5 Å². The van der Waals surface area contributed by atoms with Crippen LogP contribution in [0, 0.1) is 16.7 Å². The summed E-state index contributed by atoms with van der Waals surface area (Å²) < 4.78 is 0. The first-order chi connectivity index (χ1) is 14.0. The van der Waals surface area contributed by atoms with Crippen LogP contribution >= 0.6 is 11.6 Å². The van der Waals surface area contributed by atoms with Gasteiger partial charge in [0.1, 0.15) is 11.9 Å². The lowest BCUT2D eigenvalue weighted by Crippen LogP contribution is -2.41. The number of aliphatic hydroxyl groups is 1. The highest BCUT2D eigenvalue weighted by Gasteiger charge is 2.45. The lowest BCUT2D eigenvalue weighted by Gasteiger charge is -2.41. The third-order valence-electron chi connectivity index (χ3n) is 5.64. The van der Waals surface area contributed by atoms with Gasteiger partial charge in [-0.3, -0.25) is 0 Å². The Morgan fingerprint density at radius 2 is 1.43 bits per heavy atom. The molecule has 0 aliphatic heterocycles. The summed E-state index contributed by atoms with van der Waals surface area (Å²) in [5.74, 6) is 0. The van der Waals surface area contributed by atoms with Gasteiger partial charge in [-0.05, 0) is 42.0 Å². The number of nitriles is 1. The Morgan fingerprint density at radius 1 is 0.867 bits per heavy atom. The minimum Gasteiger partial charge on any atom is -0.380 e. The van der Waals surface area contributed by atoms with E-state index in [4.69, 9.17) is 11.6 Å². The molecule has 0 saturated carbocycles. The summed E-state index contributed by atoms with van der Waals surface area (Å²) in [5, 5.41) is 21.6. The number of nitrogens with zero attached hydrogens (tertiary/aromatic N) is 3. The van der Waals surface area contributed by atoms with Crippen molar-refractivity contribution in [3.63, 3.8) is 0 Å². The molecular weight excluding hydrogens is 394 g/mol. The molecule has 30 heavy (non-hydrogen) atoms. The van der Waals surface area contributed by atoms with E-state index in [-0.39, 0.29) is 0 Å². The Morgan fingerprint density at radius 3 is 1.93 bits per heavy atom. The number of aromatic nitrogens is 2. The van der Waals surface area contributed by atoms with Crippen molar-refractivity contribution in [2.45, 2.75) is 45.6 Å². The Bertz CT molecular complexity index is 1080. The molecule has 0 bridgehead atoms. The van der Waals surface area contributed by atoms with E-state index < -0.39 is 16.4 Å². The van der Waals surface area contributed by atoms with Gasteiger partial charge in [-0.15, -0.1) is 0 Å². The van der Waals surface area contributed by atoms with E-state index in [1.807, 2.05) is 77.1 Å². The molecule has 1 N–H and O–H groups in total. The molecule has 2 aromatic carbocycles. The molecule has 0 spiro atoms. The van der Waals surface area contributed by atoms with Crippen molar-refractivity contribution in [2.75, 3.05) is 0 Å². The topological polar surface area (TPSA) is 69.8 Å². The van der Waals surface area contributed by atoms with Crippen molar-refractivity contribution in [2.24, 2.45) is 5.41 Å². The molecule has 1 heterocycles. The van der Waals surface area contributed by atoms with Crippen LogP contribution in [-0.2, 0) is 11.0 Å². The molecule has 0 fully saturated rings. The maximum atomic E-state index is 11.8. The van der Waals surface area contributed by atoms with Gasteiger partial charge in [0.25, 0.3) is 0 Å². The molecule has 0 aliphatic rings. The molecule has 3 aromatic rings. The van der Waals surface area contributed by atoms with Crippen molar-refractivity contribution in [1.29, 1.82) is 5.26 Å². The second kappa shape index (κ2) is 7.83. The van der Waals surface area contributed by atoms with E-state index in [0.717, 1.165) is 16.7 Å². The molecule has 1 atom stereocenters. The minimum atomic E-state index is -1.36. The van der Waals surface area contributed by atoms with E-state index in [1.54, 1.807) is 12.4 Å². The number of hydrogen-bond donors (Lipinski definition) is 1.